The number of nitrogens with zero attached hydrogens (tertiary/aromatic N) is 2. The lowest BCUT2D eigenvalue weighted by atomic mass is 10.5. The van der Waals surface area contributed by atoms with E-state index < -0.39 is 24.0 Å². The van der Waals surface area contributed by atoms with Crippen LogP contribution in [-0.2, 0) is 4.79 Å². The molecule has 5 N–H and O–H groups in total. The highest BCUT2D eigenvalue weighted by Gasteiger charge is 2.38. The summed E-state index contributed by atoms with van der Waals surface area (Å²) < 4.78 is 40.8. The number of carboxylic acids is 1. The van der Waals surface area contributed by atoms with E-state index in [1.807, 2.05) is 0 Å². The van der Waals surface area contributed by atoms with Gasteiger partial charge in [-0.05, 0) is 0 Å². The van der Waals surface area contributed by atoms with E-state index in [0.717, 1.165) is 12.8 Å². The molecule has 10 nitrogen and oxygen atoms in total. The van der Waals surface area contributed by atoms with Crippen molar-refractivity contribution in [3.8, 4) is 0 Å². The average molecular weight is 338 g/mol. The lowest BCUT2D eigenvalue weighted by Crippen LogP contribution is -2.21. The van der Waals surface area contributed by atoms with Gasteiger partial charge in [-0.25, -0.2) is 14.8 Å². The SMILES string of the molecule is NC(=O)c1cnco1.NC(=O)c1cnco1.O=C(O)C(F)(F)F. The molecule has 0 saturated heterocycles. The van der Waals surface area contributed by atoms with E-state index in [4.69, 9.17) is 21.4 Å². The summed E-state index contributed by atoms with van der Waals surface area (Å²) in [5.41, 5.74) is 9.57. The van der Waals surface area contributed by atoms with E-state index >= 15 is 0 Å². The van der Waals surface area contributed by atoms with Gasteiger partial charge in [-0.1, -0.05) is 0 Å². The molecule has 0 aliphatic rings. The third-order valence-corrected chi connectivity index (χ3v) is 1.59. The molecule has 0 saturated carbocycles. The van der Waals surface area contributed by atoms with Gasteiger partial charge in [0.1, 0.15) is 0 Å². The Labute approximate surface area is 124 Å². The van der Waals surface area contributed by atoms with Crippen LogP contribution < -0.4 is 11.5 Å². The predicted molar refractivity (Wildman–Crippen MR) is 63.7 cm³/mol. The Morgan fingerprint density at radius 2 is 1.26 bits per heavy atom. The van der Waals surface area contributed by atoms with Gasteiger partial charge in [-0.3, -0.25) is 9.59 Å². The van der Waals surface area contributed by atoms with E-state index in [1.54, 1.807) is 0 Å². The highest BCUT2D eigenvalue weighted by Crippen LogP contribution is 2.13. The first-order valence-electron chi connectivity index (χ1n) is 5.22. The van der Waals surface area contributed by atoms with Crippen LogP contribution in [0.25, 0.3) is 0 Å². The van der Waals surface area contributed by atoms with Gasteiger partial charge in [-0.15, -0.1) is 0 Å². The second kappa shape index (κ2) is 8.81. The van der Waals surface area contributed by atoms with Crippen LogP contribution in [0.5, 0.6) is 0 Å². The Morgan fingerprint density at radius 1 is 0.957 bits per heavy atom. The molecule has 2 rings (SSSR count). The standard InChI is InChI=1S/2C4H4N2O2.C2HF3O2/c2*5-4(7)3-1-6-2-8-3;3-2(4,5)1(6)7/h2*1-2H,(H2,5,7);(H,6,7). The van der Waals surface area contributed by atoms with Gasteiger partial charge < -0.3 is 25.4 Å². The summed E-state index contributed by atoms with van der Waals surface area (Å²) in [5, 5.41) is 7.12. The second-order valence-corrected chi connectivity index (χ2v) is 3.26. The van der Waals surface area contributed by atoms with E-state index in [9.17, 15) is 22.8 Å². The molecular formula is C10H9F3N4O6. The number of amides is 2. The normalized spacial score (nSPS) is 9.70. The molecule has 0 radical (unpaired) electrons. The van der Waals surface area contributed by atoms with Crippen LogP contribution in [0.1, 0.15) is 21.1 Å². The Hall–Kier alpha value is -3.38. The van der Waals surface area contributed by atoms with Crippen LogP contribution in [0.4, 0.5) is 13.2 Å². The molecular weight excluding hydrogens is 329 g/mol. The third kappa shape index (κ3) is 8.49. The summed E-state index contributed by atoms with van der Waals surface area (Å²) in [6.45, 7) is 0. The van der Waals surface area contributed by atoms with Crippen LogP contribution in [0.15, 0.2) is 34.0 Å². The zero-order valence-corrected chi connectivity index (χ0v) is 11.0. The fourth-order valence-electron chi connectivity index (χ4n) is 0.675. The Kier molecular flexibility index (Phi) is 7.51. The molecule has 0 spiro atoms. The lowest BCUT2D eigenvalue weighted by molar-refractivity contribution is -0.192. The highest BCUT2D eigenvalue weighted by atomic mass is 19.4. The smallest absolute Gasteiger partial charge is 0.475 e. The number of oxazole rings is 2. The highest BCUT2D eigenvalue weighted by molar-refractivity contribution is 5.89. The first-order chi connectivity index (χ1) is 10.6. The molecule has 0 unspecified atom stereocenters. The van der Waals surface area contributed by atoms with Crippen LogP contribution in [0.2, 0.25) is 0 Å². The topological polar surface area (TPSA) is 176 Å². The van der Waals surface area contributed by atoms with E-state index in [2.05, 4.69) is 18.8 Å². The number of hydrogen-bond acceptors (Lipinski definition) is 7. The van der Waals surface area contributed by atoms with Crippen LogP contribution in [-0.4, -0.2) is 39.0 Å². The number of halogens is 3. The minimum atomic E-state index is -5.08. The summed E-state index contributed by atoms with van der Waals surface area (Å²) in [5.74, 6) is -3.77. The molecule has 0 bridgehead atoms. The Balaban J connectivity index is 0.000000317. The second-order valence-electron chi connectivity index (χ2n) is 3.26. The Morgan fingerprint density at radius 3 is 1.35 bits per heavy atom. The number of hydrogen-bond donors (Lipinski definition) is 3. The quantitative estimate of drug-likeness (QED) is 0.694. The molecule has 0 aliphatic carbocycles. The maximum Gasteiger partial charge on any atom is 0.490 e. The summed E-state index contributed by atoms with van der Waals surface area (Å²) in [7, 11) is 0. The molecule has 23 heavy (non-hydrogen) atoms. The van der Waals surface area contributed by atoms with Crippen molar-refractivity contribution in [3.63, 3.8) is 0 Å². The molecule has 2 aromatic rings. The van der Waals surface area contributed by atoms with Gasteiger partial charge in [0.25, 0.3) is 11.8 Å². The van der Waals surface area contributed by atoms with Gasteiger partial charge in [0.2, 0.25) is 11.5 Å². The molecule has 0 aliphatic heterocycles. The largest absolute Gasteiger partial charge is 0.490 e. The van der Waals surface area contributed by atoms with Crippen molar-refractivity contribution in [1.29, 1.82) is 0 Å². The van der Waals surface area contributed by atoms with E-state index in [1.165, 1.54) is 12.4 Å². The zero-order valence-electron chi connectivity index (χ0n) is 11.0. The van der Waals surface area contributed by atoms with Crippen molar-refractivity contribution in [2.24, 2.45) is 11.5 Å². The van der Waals surface area contributed by atoms with Gasteiger partial charge in [0.15, 0.2) is 12.8 Å². The fourth-order valence-corrected chi connectivity index (χ4v) is 0.675. The first-order valence-corrected chi connectivity index (χ1v) is 5.22. The Bertz CT molecular complexity index is 579. The average Bonchev–Trinajstić information content (AvgIpc) is 3.13. The van der Waals surface area contributed by atoms with Gasteiger partial charge in [0.05, 0.1) is 12.4 Å². The monoisotopic (exact) mass is 338 g/mol. The maximum atomic E-state index is 10.6. The minimum Gasteiger partial charge on any atom is -0.475 e. The summed E-state index contributed by atoms with van der Waals surface area (Å²) in [6.07, 6.45) is -0.245. The van der Waals surface area contributed by atoms with Crippen LogP contribution in [0, 0.1) is 0 Å². The van der Waals surface area contributed by atoms with E-state index in [-0.39, 0.29) is 11.5 Å². The number of nitrogens with two attached hydrogens (primary N) is 2. The first kappa shape index (κ1) is 19.6. The van der Waals surface area contributed by atoms with Crippen molar-refractivity contribution in [3.05, 3.63) is 36.7 Å². The number of aliphatic carboxylic acids is 1. The van der Waals surface area contributed by atoms with Gasteiger partial charge in [0, 0.05) is 0 Å². The van der Waals surface area contributed by atoms with Crippen molar-refractivity contribution in [1.82, 2.24) is 9.97 Å². The number of carbonyl (C=O) groups excluding carboxylic acids is 2. The van der Waals surface area contributed by atoms with Gasteiger partial charge >= 0.3 is 12.1 Å². The lowest BCUT2D eigenvalue weighted by Gasteiger charge is -1.93. The van der Waals surface area contributed by atoms with Crippen molar-refractivity contribution in [2.75, 3.05) is 0 Å². The predicted octanol–water partition coefficient (Wildman–Crippen LogP) is 0.180. The van der Waals surface area contributed by atoms with Gasteiger partial charge in [-0.2, -0.15) is 13.2 Å². The van der Waals surface area contributed by atoms with Crippen molar-refractivity contribution >= 4 is 17.8 Å². The summed E-state index contributed by atoms with van der Waals surface area (Å²) in [6, 6.07) is 0. The number of aromatic nitrogens is 2. The van der Waals surface area contributed by atoms with E-state index in [0.29, 0.717) is 0 Å². The molecule has 2 aromatic heterocycles. The van der Waals surface area contributed by atoms with Crippen LogP contribution in [0.3, 0.4) is 0 Å². The fraction of sp³-hybridized carbons (Fsp3) is 0.100. The molecule has 0 fully saturated rings. The molecule has 2 amide bonds. The third-order valence-electron chi connectivity index (χ3n) is 1.59. The number of carbonyl (C=O) groups is 3. The van der Waals surface area contributed by atoms with Crippen molar-refractivity contribution in [2.45, 2.75) is 6.18 Å². The van der Waals surface area contributed by atoms with Crippen LogP contribution >= 0.6 is 0 Å². The molecule has 0 atom stereocenters. The molecule has 0 aromatic carbocycles. The number of rotatable bonds is 2. The summed E-state index contributed by atoms with van der Waals surface area (Å²) in [4.78, 5) is 36.1. The number of carboxylic acid groups (broad SMARTS) is 1. The number of primary amides is 2. The number of alkyl halides is 3. The minimum absolute atomic E-state index is 0.0880. The molecule has 2 heterocycles. The molecule has 13 heteroatoms. The zero-order chi connectivity index (χ0) is 18.0. The summed E-state index contributed by atoms with van der Waals surface area (Å²) >= 11 is 0. The molecule has 126 valence electrons. The van der Waals surface area contributed by atoms with Crippen molar-refractivity contribution < 1.29 is 41.5 Å². The maximum absolute atomic E-state index is 10.6.